The van der Waals surface area contributed by atoms with Gasteiger partial charge >= 0.3 is 0 Å². The number of aromatic nitrogens is 1. The Morgan fingerprint density at radius 1 is 1.36 bits per heavy atom. The predicted octanol–water partition coefficient (Wildman–Crippen LogP) is 2.33. The third-order valence-corrected chi connectivity index (χ3v) is 3.28. The summed E-state index contributed by atoms with van der Waals surface area (Å²) in [5.74, 6) is 0.520. The largest absolute Gasteiger partial charge is 0.508 e. The van der Waals surface area contributed by atoms with E-state index in [0.29, 0.717) is 34.8 Å². The van der Waals surface area contributed by atoms with Crippen molar-refractivity contribution in [3.63, 3.8) is 0 Å². The topological polar surface area (TPSA) is 109 Å². The second-order valence-electron chi connectivity index (χ2n) is 4.83. The summed E-state index contributed by atoms with van der Waals surface area (Å²) in [6, 6.07) is 8.13. The molecule has 116 valence electrons. The molecule has 1 unspecified atom stereocenters. The van der Waals surface area contributed by atoms with Crippen LogP contribution in [0.25, 0.3) is 0 Å². The van der Waals surface area contributed by atoms with Crippen LogP contribution >= 0.6 is 0 Å². The lowest BCUT2D eigenvalue weighted by Crippen LogP contribution is -2.13. The van der Waals surface area contributed by atoms with Crippen molar-refractivity contribution in [1.82, 2.24) is 4.98 Å². The Balaban J connectivity index is 2.48. The monoisotopic (exact) mass is 301 g/mol. The fraction of sp³-hybridized carbons (Fsp3) is 0.250. The molecule has 1 atom stereocenters. The number of rotatable bonds is 6. The van der Waals surface area contributed by atoms with Gasteiger partial charge in [-0.15, -0.1) is 0 Å². The van der Waals surface area contributed by atoms with E-state index in [0.717, 1.165) is 0 Å². The van der Waals surface area contributed by atoms with Gasteiger partial charge in [-0.05, 0) is 30.2 Å². The molecule has 1 heterocycles. The second kappa shape index (κ2) is 7.02. The molecule has 0 bridgehead atoms. The number of nitrogens with one attached hydrogen (secondary N) is 2. The average Bonchev–Trinajstić information content (AvgIpc) is 2.53. The number of aliphatic hydroxyl groups is 2. The number of pyridine rings is 1. The van der Waals surface area contributed by atoms with Gasteiger partial charge in [0.15, 0.2) is 0 Å². The van der Waals surface area contributed by atoms with Gasteiger partial charge in [0.2, 0.25) is 0 Å². The average molecular weight is 301 g/mol. The number of hydrogen-bond donors (Lipinski definition) is 5. The van der Waals surface area contributed by atoms with Crippen LogP contribution in [-0.4, -0.2) is 32.6 Å². The van der Waals surface area contributed by atoms with Crippen LogP contribution in [0, 0.1) is 5.41 Å². The first kappa shape index (κ1) is 15.9. The summed E-state index contributed by atoms with van der Waals surface area (Å²) in [5, 5.41) is 39.8. The van der Waals surface area contributed by atoms with E-state index in [1.54, 1.807) is 24.3 Å². The van der Waals surface area contributed by atoms with E-state index >= 15 is 0 Å². The lowest BCUT2D eigenvalue weighted by atomic mass is 9.98. The molecule has 0 aliphatic carbocycles. The number of phenols is 1. The molecule has 1 aromatic heterocycles. The van der Waals surface area contributed by atoms with Crippen LogP contribution in [-0.2, 0) is 0 Å². The van der Waals surface area contributed by atoms with E-state index in [-0.39, 0.29) is 5.75 Å². The summed E-state index contributed by atoms with van der Waals surface area (Å²) in [6.45, 7) is 1.40. The van der Waals surface area contributed by atoms with Crippen molar-refractivity contribution in [2.75, 3.05) is 11.9 Å². The molecule has 0 radical (unpaired) electrons. The Kier molecular flexibility index (Phi) is 5.08. The first-order chi connectivity index (χ1) is 10.6. The summed E-state index contributed by atoms with van der Waals surface area (Å²) < 4.78 is 0. The van der Waals surface area contributed by atoms with Crippen molar-refractivity contribution in [1.29, 1.82) is 5.41 Å². The fourth-order valence-corrected chi connectivity index (χ4v) is 2.16. The number of aliphatic hydroxyl groups excluding tert-OH is 2. The number of nitrogens with zero attached hydrogens (tertiary/aromatic N) is 1. The lowest BCUT2D eigenvalue weighted by molar-refractivity contribution is 0.0954. The number of benzene rings is 1. The molecule has 1 aromatic carbocycles. The first-order valence-corrected chi connectivity index (χ1v) is 6.98. The molecule has 0 spiro atoms. The Morgan fingerprint density at radius 2 is 2.14 bits per heavy atom. The highest BCUT2D eigenvalue weighted by molar-refractivity contribution is 6.04. The van der Waals surface area contributed by atoms with E-state index < -0.39 is 12.7 Å². The molecule has 6 nitrogen and oxygen atoms in total. The van der Waals surface area contributed by atoms with Crippen molar-refractivity contribution in [3.05, 3.63) is 47.7 Å². The Morgan fingerprint density at radius 3 is 2.77 bits per heavy atom. The summed E-state index contributed by atoms with van der Waals surface area (Å²) in [5.41, 5.74) is 1.84. The maximum atomic E-state index is 9.95. The highest BCUT2D eigenvalue weighted by Crippen LogP contribution is 2.28. The summed E-state index contributed by atoms with van der Waals surface area (Å²) in [7, 11) is 0. The quantitative estimate of drug-likeness (QED) is 0.526. The van der Waals surface area contributed by atoms with Crippen LogP contribution in [0.1, 0.15) is 30.6 Å². The minimum Gasteiger partial charge on any atom is -0.508 e. The number of phenolic OH excluding ortho intramolecular Hbond substituents is 1. The number of hydrogen-bond acceptors (Lipinski definition) is 6. The molecular weight excluding hydrogens is 282 g/mol. The van der Waals surface area contributed by atoms with Gasteiger partial charge in [0.25, 0.3) is 0 Å². The van der Waals surface area contributed by atoms with Crippen LogP contribution in [0.3, 0.4) is 0 Å². The second-order valence-corrected chi connectivity index (χ2v) is 4.83. The normalized spacial score (nSPS) is 12.0. The lowest BCUT2D eigenvalue weighted by Gasteiger charge is -2.18. The Hall–Kier alpha value is -2.44. The van der Waals surface area contributed by atoms with Crippen molar-refractivity contribution in [2.45, 2.75) is 19.4 Å². The van der Waals surface area contributed by atoms with Crippen molar-refractivity contribution < 1.29 is 15.3 Å². The van der Waals surface area contributed by atoms with E-state index in [4.69, 9.17) is 5.41 Å². The zero-order valence-corrected chi connectivity index (χ0v) is 12.2. The minimum atomic E-state index is -1.07. The van der Waals surface area contributed by atoms with Gasteiger partial charge in [-0.25, -0.2) is 4.98 Å². The molecule has 0 saturated carbocycles. The summed E-state index contributed by atoms with van der Waals surface area (Å²) >= 11 is 0. The molecule has 0 aliphatic heterocycles. The van der Waals surface area contributed by atoms with Crippen molar-refractivity contribution in [3.8, 4) is 5.75 Å². The molecular formula is C16H19N3O3. The predicted molar refractivity (Wildman–Crippen MR) is 84.8 cm³/mol. The van der Waals surface area contributed by atoms with Gasteiger partial charge in [-0.3, -0.25) is 0 Å². The SMILES string of the molecule is CCC(=N)c1c(C(O)CO)ccnc1Nc1cccc(O)c1. The molecule has 6 heteroatoms. The molecule has 2 aromatic rings. The first-order valence-electron chi connectivity index (χ1n) is 6.98. The van der Waals surface area contributed by atoms with E-state index in [1.165, 1.54) is 12.3 Å². The van der Waals surface area contributed by atoms with Gasteiger partial charge in [-0.1, -0.05) is 13.0 Å². The van der Waals surface area contributed by atoms with Crippen molar-refractivity contribution in [2.24, 2.45) is 0 Å². The maximum Gasteiger partial charge on any atom is 0.139 e. The molecule has 2 rings (SSSR count). The van der Waals surface area contributed by atoms with Crippen LogP contribution in [0.5, 0.6) is 5.75 Å². The van der Waals surface area contributed by atoms with Gasteiger partial charge in [0, 0.05) is 29.2 Å². The summed E-state index contributed by atoms with van der Waals surface area (Å²) in [6.07, 6.45) is 0.895. The smallest absolute Gasteiger partial charge is 0.139 e. The van der Waals surface area contributed by atoms with E-state index in [1.807, 2.05) is 6.92 Å². The standard InChI is InChI=1S/C16H19N3O3/c1-2-13(17)15-12(14(22)9-20)6-7-18-16(15)19-10-4-3-5-11(21)8-10/h3-8,14,17,20-22H,2,9H2,1H3,(H,18,19). The van der Waals surface area contributed by atoms with Crippen LogP contribution in [0.15, 0.2) is 36.5 Å². The van der Waals surface area contributed by atoms with Crippen LogP contribution in [0.2, 0.25) is 0 Å². The fourth-order valence-electron chi connectivity index (χ4n) is 2.16. The minimum absolute atomic E-state index is 0.115. The number of aromatic hydroxyl groups is 1. The zero-order valence-electron chi connectivity index (χ0n) is 12.2. The van der Waals surface area contributed by atoms with Gasteiger partial charge in [-0.2, -0.15) is 0 Å². The van der Waals surface area contributed by atoms with E-state index in [9.17, 15) is 15.3 Å². The van der Waals surface area contributed by atoms with E-state index in [2.05, 4.69) is 10.3 Å². The molecule has 5 N–H and O–H groups in total. The Bertz CT molecular complexity index is 673. The number of anilines is 2. The van der Waals surface area contributed by atoms with Crippen LogP contribution in [0.4, 0.5) is 11.5 Å². The van der Waals surface area contributed by atoms with Gasteiger partial charge < -0.3 is 26.0 Å². The zero-order chi connectivity index (χ0) is 16.1. The highest BCUT2D eigenvalue weighted by atomic mass is 16.3. The summed E-state index contributed by atoms with van der Waals surface area (Å²) in [4.78, 5) is 4.22. The molecule has 0 fully saturated rings. The van der Waals surface area contributed by atoms with Gasteiger partial charge in [0.1, 0.15) is 17.7 Å². The van der Waals surface area contributed by atoms with Gasteiger partial charge in [0.05, 0.1) is 6.61 Å². The maximum absolute atomic E-state index is 9.95. The molecule has 22 heavy (non-hydrogen) atoms. The van der Waals surface area contributed by atoms with Crippen molar-refractivity contribution >= 4 is 17.2 Å². The molecule has 0 amide bonds. The molecule has 0 aliphatic rings. The third-order valence-electron chi connectivity index (χ3n) is 3.28. The highest BCUT2D eigenvalue weighted by Gasteiger charge is 2.19. The Labute approximate surface area is 128 Å². The molecule has 0 saturated heterocycles. The third kappa shape index (κ3) is 3.41. The van der Waals surface area contributed by atoms with Crippen LogP contribution < -0.4 is 5.32 Å².